The molecule has 1 aliphatic carbocycles. The summed E-state index contributed by atoms with van der Waals surface area (Å²) in [5.74, 6) is -0.585. The van der Waals surface area contributed by atoms with E-state index in [2.05, 4.69) is 22.7 Å². The number of aryl methyl sites for hydroxylation is 1. The Bertz CT molecular complexity index is 1070. The molecule has 0 atom stereocenters. The quantitative estimate of drug-likeness (QED) is 0.757. The molecule has 9 heteroatoms. The van der Waals surface area contributed by atoms with Crippen molar-refractivity contribution in [1.29, 1.82) is 0 Å². The summed E-state index contributed by atoms with van der Waals surface area (Å²) in [4.78, 5) is 54.4. The topological polar surface area (TPSA) is 113 Å². The van der Waals surface area contributed by atoms with E-state index < -0.39 is 23.4 Å². The average Bonchev–Trinajstić information content (AvgIpc) is 2.91. The van der Waals surface area contributed by atoms with Crippen molar-refractivity contribution >= 4 is 28.7 Å². The largest absolute Gasteiger partial charge is 0.344 e. The zero-order valence-corrected chi connectivity index (χ0v) is 16.4. The SMILES string of the molecule is Cc1ccc2ncn(CC(=O)NN3C(=O)NC4(CCC(C)CC4)C3=O)c(=O)c2c1. The van der Waals surface area contributed by atoms with Gasteiger partial charge in [-0.1, -0.05) is 18.6 Å². The molecule has 2 heterocycles. The second-order valence-corrected chi connectivity index (χ2v) is 8.07. The van der Waals surface area contributed by atoms with Crippen molar-refractivity contribution in [2.24, 2.45) is 5.92 Å². The summed E-state index contributed by atoms with van der Waals surface area (Å²) in [5.41, 5.74) is 2.50. The highest BCUT2D eigenvalue weighted by molar-refractivity contribution is 6.08. The highest BCUT2D eigenvalue weighted by atomic mass is 16.2. The number of benzene rings is 1. The molecule has 0 unspecified atom stereocenters. The lowest BCUT2D eigenvalue weighted by Gasteiger charge is -2.33. The van der Waals surface area contributed by atoms with Crippen molar-refractivity contribution < 1.29 is 14.4 Å². The number of carbonyl (C=O) groups is 3. The number of fused-ring (bicyclic) bond motifs is 1. The molecule has 2 aliphatic rings. The fourth-order valence-corrected chi connectivity index (χ4v) is 4.02. The first-order valence-electron chi connectivity index (χ1n) is 9.71. The predicted molar refractivity (Wildman–Crippen MR) is 105 cm³/mol. The van der Waals surface area contributed by atoms with E-state index in [4.69, 9.17) is 0 Å². The molecule has 1 saturated heterocycles. The molecular formula is C20H23N5O4. The number of hydrogen-bond acceptors (Lipinski definition) is 5. The molecule has 1 saturated carbocycles. The standard InChI is InChI=1S/C20H23N5O4/c1-12-5-7-20(8-6-12)18(28)25(19(29)22-20)23-16(26)10-24-11-21-15-4-3-13(2)9-14(15)17(24)27/h3-4,9,11-12H,5-8,10H2,1-2H3,(H,22,29)(H,23,26). The van der Waals surface area contributed by atoms with E-state index in [1.54, 1.807) is 12.1 Å². The third-order valence-electron chi connectivity index (χ3n) is 5.82. The van der Waals surface area contributed by atoms with Crippen molar-refractivity contribution in [1.82, 2.24) is 25.3 Å². The third-order valence-corrected chi connectivity index (χ3v) is 5.82. The normalized spacial score (nSPS) is 24.2. The second-order valence-electron chi connectivity index (χ2n) is 8.07. The van der Waals surface area contributed by atoms with Crippen LogP contribution in [0.15, 0.2) is 29.3 Å². The molecule has 4 rings (SSSR count). The molecule has 0 radical (unpaired) electrons. The first kappa shape index (κ1) is 19.1. The molecule has 2 N–H and O–H groups in total. The van der Waals surface area contributed by atoms with Gasteiger partial charge in [0.2, 0.25) is 0 Å². The number of amides is 4. The van der Waals surface area contributed by atoms with Crippen LogP contribution >= 0.6 is 0 Å². The Morgan fingerprint density at radius 1 is 1.28 bits per heavy atom. The first-order chi connectivity index (χ1) is 13.8. The lowest BCUT2D eigenvalue weighted by Crippen LogP contribution is -2.52. The minimum absolute atomic E-state index is 0.350. The Morgan fingerprint density at radius 2 is 2.00 bits per heavy atom. The molecule has 1 aromatic carbocycles. The van der Waals surface area contributed by atoms with Gasteiger partial charge in [-0.05, 0) is 50.7 Å². The fourth-order valence-electron chi connectivity index (χ4n) is 4.02. The maximum absolute atomic E-state index is 12.8. The van der Waals surface area contributed by atoms with E-state index in [0.717, 1.165) is 28.0 Å². The Labute approximate surface area is 167 Å². The number of nitrogens with zero attached hydrogens (tertiary/aromatic N) is 3. The van der Waals surface area contributed by atoms with Crippen LogP contribution in [0.2, 0.25) is 0 Å². The summed E-state index contributed by atoms with van der Waals surface area (Å²) in [6.07, 6.45) is 4.07. The number of nitrogens with one attached hydrogen (secondary N) is 2. The molecule has 1 aliphatic heterocycles. The highest BCUT2D eigenvalue weighted by Crippen LogP contribution is 2.35. The second kappa shape index (κ2) is 6.98. The van der Waals surface area contributed by atoms with Gasteiger partial charge in [0.1, 0.15) is 12.1 Å². The minimum atomic E-state index is -0.935. The van der Waals surface area contributed by atoms with Crippen molar-refractivity contribution in [3.05, 3.63) is 40.4 Å². The molecular weight excluding hydrogens is 374 g/mol. The zero-order valence-electron chi connectivity index (χ0n) is 16.4. The lowest BCUT2D eigenvalue weighted by atomic mass is 9.77. The van der Waals surface area contributed by atoms with Gasteiger partial charge in [-0.2, -0.15) is 5.01 Å². The Morgan fingerprint density at radius 3 is 2.72 bits per heavy atom. The molecule has 2 aromatic rings. The lowest BCUT2D eigenvalue weighted by molar-refractivity contribution is -0.140. The van der Waals surface area contributed by atoms with Crippen LogP contribution in [0.4, 0.5) is 4.79 Å². The van der Waals surface area contributed by atoms with Crippen LogP contribution in [0.3, 0.4) is 0 Å². The summed E-state index contributed by atoms with van der Waals surface area (Å²) in [5, 5.41) is 3.89. The van der Waals surface area contributed by atoms with Crippen molar-refractivity contribution in [2.45, 2.75) is 51.6 Å². The van der Waals surface area contributed by atoms with Crippen LogP contribution in [0.1, 0.15) is 38.2 Å². The number of aromatic nitrogens is 2. The van der Waals surface area contributed by atoms with Gasteiger partial charge in [-0.15, -0.1) is 0 Å². The molecule has 1 aromatic heterocycles. The van der Waals surface area contributed by atoms with Gasteiger partial charge in [0, 0.05) is 0 Å². The van der Waals surface area contributed by atoms with Crippen molar-refractivity contribution in [3.63, 3.8) is 0 Å². The van der Waals surface area contributed by atoms with Crippen LogP contribution in [0.5, 0.6) is 0 Å². The van der Waals surface area contributed by atoms with Crippen LogP contribution in [-0.2, 0) is 16.1 Å². The van der Waals surface area contributed by atoms with Crippen molar-refractivity contribution in [2.75, 3.05) is 0 Å². The average molecular weight is 397 g/mol. The number of rotatable bonds is 3. The number of imide groups is 1. The summed E-state index contributed by atoms with van der Waals surface area (Å²) < 4.78 is 1.16. The van der Waals surface area contributed by atoms with Gasteiger partial charge in [0.25, 0.3) is 17.4 Å². The molecule has 29 heavy (non-hydrogen) atoms. The van der Waals surface area contributed by atoms with Gasteiger partial charge in [0.05, 0.1) is 17.2 Å². The molecule has 1 spiro atoms. The number of hydrogen-bond donors (Lipinski definition) is 2. The molecule has 152 valence electrons. The zero-order chi connectivity index (χ0) is 20.8. The Hall–Kier alpha value is -3.23. The van der Waals surface area contributed by atoms with Crippen molar-refractivity contribution in [3.8, 4) is 0 Å². The van der Waals surface area contributed by atoms with E-state index in [1.807, 2.05) is 13.0 Å². The van der Waals surface area contributed by atoms with Crippen LogP contribution in [-0.4, -0.2) is 37.9 Å². The van der Waals surface area contributed by atoms with Gasteiger partial charge in [0.15, 0.2) is 0 Å². The minimum Gasteiger partial charge on any atom is -0.322 e. The van der Waals surface area contributed by atoms with Gasteiger partial charge >= 0.3 is 6.03 Å². The molecule has 0 bridgehead atoms. The smallest absolute Gasteiger partial charge is 0.322 e. The Balaban J connectivity index is 1.50. The summed E-state index contributed by atoms with van der Waals surface area (Å²) in [7, 11) is 0. The van der Waals surface area contributed by atoms with Crippen LogP contribution in [0, 0.1) is 12.8 Å². The van der Waals surface area contributed by atoms with E-state index in [0.29, 0.717) is 29.7 Å². The monoisotopic (exact) mass is 397 g/mol. The van der Waals surface area contributed by atoms with Gasteiger partial charge in [-0.3, -0.25) is 24.4 Å². The maximum atomic E-state index is 12.8. The van der Waals surface area contributed by atoms with Gasteiger partial charge < -0.3 is 5.32 Å². The Kier molecular flexibility index (Phi) is 4.60. The van der Waals surface area contributed by atoms with E-state index in [-0.39, 0.29) is 12.1 Å². The van der Waals surface area contributed by atoms with E-state index >= 15 is 0 Å². The third kappa shape index (κ3) is 3.37. The van der Waals surface area contributed by atoms with E-state index in [9.17, 15) is 19.2 Å². The molecule has 4 amide bonds. The van der Waals surface area contributed by atoms with Crippen LogP contribution < -0.4 is 16.3 Å². The summed E-state index contributed by atoms with van der Waals surface area (Å²) >= 11 is 0. The van der Waals surface area contributed by atoms with Gasteiger partial charge in [-0.25, -0.2) is 9.78 Å². The fraction of sp³-hybridized carbons (Fsp3) is 0.450. The first-order valence-corrected chi connectivity index (χ1v) is 9.71. The predicted octanol–water partition coefficient (Wildman–Crippen LogP) is 1.24. The number of carbonyl (C=O) groups excluding carboxylic acids is 3. The maximum Gasteiger partial charge on any atom is 0.344 e. The summed E-state index contributed by atoms with van der Waals surface area (Å²) in [6, 6.07) is 4.67. The van der Waals surface area contributed by atoms with E-state index in [1.165, 1.54) is 6.33 Å². The summed E-state index contributed by atoms with van der Waals surface area (Å²) in [6.45, 7) is 3.63. The number of urea groups is 1. The molecule has 2 fully saturated rings. The van der Waals surface area contributed by atoms with Crippen LogP contribution in [0.25, 0.3) is 10.9 Å². The highest BCUT2D eigenvalue weighted by Gasteiger charge is 2.52. The molecule has 9 nitrogen and oxygen atoms in total. The number of hydrazine groups is 1.